The molecule has 0 aliphatic heterocycles. The second kappa shape index (κ2) is 5.96. The van der Waals surface area contributed by atoms with Crippen LogP contribution in [0, 0.1) is 0 Å². The molecule has 0 spiro atoms. The van der Waals surface area contributed by atoms with E-state index in [1.807, 2.05) is 45.0 Å². The summed E-state index contributed by atoms with van der Waals surface area (Å²) in [7, 11) is 0. The Morgan fingerprint density at radius 3 is 2.59 bits per heavy atom. The van der Waals surface area contributed by atoms with E-state index >= 15 is 0 Å². The van der Waals surface area contributed by atoms with Gasteiger partial charge in [0.05, 0.1) is 12.7 Å². The van der Waals surface area contributed by atoms with Gasteiger partial charge in [0.1, 0.15) is 0 Å². The largest absolute Gasteiger partial charge is 0.394 e. The zero-order chi connectivity index (χ0) is 13.1. The molecule has 1 aromatic carbocycles. The SMILES string of the molecule is C[C@H](NC(C)(C)CO)C(O)c1cccc(Br)c1. The lowest BCUT2D eigenvalue weighted by atomic mass is 9.99. The van der Waals surface area contributed by atoms with E-state index in [1.165, 1.54) is 0 Å². The Hall–Kier alpha value is -0.420. The molecule has 0 heterocycles. The summed E-state index contributed by atoms with van der Waals surface area (Å²) in [5.41, 5.74) is 0.458. The Bertz CT molecular complexity index is 368. The van der Waals surface area contributed by atoms with Gasteiger partial charge >= 0.3 is 0 Å². The summed E-state index contributed by atoms with van der Waals surface area (Å²) in [6.45, 7) is 5.74. The lowest BCUT2D eigenvalue weighted by Crippen LogP contribution is -2.49. The van der Waals surface area contributed by atoms with E-state index in [0.29, 0.717) is 0 Å². The fourth-order valence-electron chi connectivity index (χ4n) is 1.72. The maximum atomic E-state index is 10.2. The first-order valence-electron chi connectivity index (χ1n) is 5.68. The molecule has 0 aliphatic carbocycles. The molecule has 2 atom stereocenters. The molecular weight excluding hydrogens is 282 g/mol. The van der Waals surface area contributed by atoms with Gasteiger partial charge in [-0.15, -0.1) is 0 Å². The summed E-state index contributed by atoms with van der Waals surface area (Å²) in [4.78, 5) is 0. The van der Waals surface area contributed by atoms with Crippen LogP contribution in [0.5, 0.6) is 0 Å². The molecule has 3 N–H and O–H groups in total. The molecule has 0 bridgehead atoms. The third kappa shape index (κ3) is 4.39. The minimum Gasteiger partial charge on any atom is -0.394 e. The van der Waals surface area contributed by atoms with Gasteiger partial charge < -0.3 is 15.5 Å². The van der Waals surface area contributed by atoms with Crippen molar-refractivity contribution < 1.29 is 10.2 Å². The standard InChI is InChI=1S/C13H20BrNO2/c1-9(15-13(2,3)8-16)12(17)10-5-4-6-11(14)7-10/h4-7,9,12,15-17H,8H2,1-3H3/t9-,12?/m0/s1. The molecule has 0 saturated heterocycles. The van der Waals surface area contributed by atoms with Crippen molar-refractivity contribution in [2.45, 2.75) is 38.5 Å². The van der Waals surface area contributed by atoms with Gasteiger partial charge in [0.15, 0.2) is 0 Å². The van der Waals surface area contributed by atoms with Crippen molar-refractivity contribution in [3.63, 3.8) is 0 Å². The Morgan fingerprint density at radius 2 is 2.06 bits per heavy atom. The van der Waals surface area contributed by atoms with E-state index in [0.717, 1.165) is 10.0 Å². The summed E-state index contributed by atoms with van der Waals surface area (Å²) in [5, 5.41) is 22.6. The maximum absolute atomic E-state index is 10.2. The molecule has 1 aromatic rings. The fourth-order valence-corrected chi connectivity index (χ4v) is 2.14. The molecule has 0 fully saturated rings. The molecule has 1 rings (SSSR count). The molecule has 96 valence electrons. The van der Waals surface area contributed by atoms with Gasteiger partial charge in [0.25, 0.3) is 0 Å². The minimum absolute atomic E-state index is 0.0303. The maximum Gasteiger partial charge on any atom is 0.0940 e. The van der Waals surface area contributed by atoms with Crippen molar-refractivity contribution >= 4 is 15.9 Å². The van der Waals surface area contributed by atoms with Crippen LogP contribution < -0.4 is 5.32 Å². The predicted molar refractivity (Wildman–Crippen MR) is 72.9 cm³/mol. The Morgan fingerprint density at radius 1 is 1.41 bits per heavy atom. The number of benzene rings is 1. The highest BCUT2D eigenvalue weighted by Gasteiger charge is 2.24. The summed E-state index contributed by atoms with van der Waals surface area (Å²) < 4.78 is 0.947. The van der Waals surface area contributed by atoms with Crippen molar-refractivity contribution in [3.05, 3.63) is 34.3 Å². The second-order valence-electron chi connectivity index (χ2n) is 4.97. The van der Waals surface area contributed by atoms with Gasteiger partial charge in [-0.25, -0.2) is 0 Å². The quantitative estimate of drug-likeness (QED) is 0.782. The topological polar surface area (TPSA) is 52.5 Å². The van der Waals surface area contributed by atoms with Crippen LogP contribution in [-0.4, -0.2) is 28.4 Å². The monoisotopic (exact) mass is 301 g/mol. The minimum atomic E-state index is -0.599. The van der Waals surface area contributed by atoms with Gasteiger partial charge in [-0.1, -0.05) is 28.1 Å². The Labute approximate surface area is 111 Å². The number of nitrogens with one attached hydrogen (secondary N) is 1. The highest BCUT2D eigenvalue weighted by atomic mass is 79.9. The lowest BCUT2D eigenvalue weighted by Gasteiger charge is -2.31. The molecule has 0 radical (unpaired) electrons. The average Bonchev–Trinajstić information content (AvgIpc) is 2.27. The van der Waals surface area contributed by atoms with Gasteiger partial charge in [-0.2, -0.15) is 0 Å². The summed E-state index contributed by atoms with van der Waals surface area (Å²) >= 11 is 3.38. The van der Waals surface area contributed by atoms with Crippen molar-refractivity contribution in [1.29, 1.82) is 0 Å². The summed E-state index contributed by atoms with van der Waals surface area (Å²) in [5.74, 6) is 0. The number of halogens is 1. The first-order chi connectivity index (χ1) is 7.85. The smallest absolute Gasteiger partial charge is 0.0940 e. The third-order valence-corrected chi connectivity index (χ3v) is 3.17. The van der Waals surface area contributed by atoms with Crippen LogP contribution in [0.3, 0.4) is 0 Å². The van der Waals surface area contributed by atoms with Crippen LogP contribution in [0.2, 0.25) is 0 Å². The molecule has 0 aromatic heterocycles. The van der Waals surface area contributed by atoms with Crippen molar-refractivity contribution in [2.24, 2.45) is 0 Å². The highest BCUT2D eigenvalue weighted by molar-refractivity contribution is 9.10. The van der Waals surface area contributed by atoms with Crippen LogP contribution in [0.25, 0.3) is 0 Å². The number of aliphatic hydroxyl groups excluding tert-OH is 2. The zero-order valence-corrected chi connectivity index (χ0v) is 12.0. The Balaban J connectivity index is 2.73. The molecule has 0 saturated carbocycles. The molecule has 17 heavy (non-hydrogen) atoms. The van der Waals surface area contributed by atoms with E-state index in [9.17, 15) is 10.2 Å². The van der Waals surface area contributed by atoms with Crippen molar-refractivity contribution in [2.75, 3.05) is 6.61 Å². The van der Waals surface area contributed by atoms with E-state index < -0.39 is 11.6 Å². The highest BCUT2D eigenvalue weighted by Crippen LogP contribution is 2.21. The van der Waals surface area contributed by atoms with Gasteiger partial charge in [-0.3, -0.25) is 0 Å². The number of hydrogen-bond acceptors (Lipinski definition) is 3. The van der Waals surface area contributed by atoms with Crippen LogP contribution in [0.4, 0.5) is 0 Å². The second-order valence-corrected chi connectivity index (χ2v) is 5.89. The van der Waals surface area contributed by atoms with Crippen LogP contribution in [0.15, 0.2) is 28.7 Å². The normalized spacial score (nSPS) is 15.6. The number of rotatable bonds is 5. The molecule has 0 amide bonds. The Kier molecular flexibility index (Phi) is 5.13. The van der Waals surface area contributed by atoms with Gasteiger partial charge in [0.2, 0.25) is 0 Å². The zero-order valence-electron chi connectivity index (χ0n) is 10.4. The fraction of sp³-hybridized carbons (Fsp3) is 0.538. The van der Waals surface area contributed by atoms with E-state index in [2.05, 4.69) is 21.2 Å². The van der Waals surface area contributed by atoms with Gasteiger partial charge in [-0.05, 0) is 38.5 Å². The third-order valence-electron chi connectivity index (χ3n) is 2.68. The van der Waals surface area contributed by atoms with Crippen LogP contribution >= 0.6 is 15.9 Å². The van der Waals surface area contributed by atoms with Crippen LogP contribution in [0.1, 0.15) is 32.4 Å². The predicted octanol–water partition coefficient (Wildman–Crippen LogP) is 2.23. The van der Waals surface area contributed by atoms with E-state index in [4.69, 9.17) is 0 Å². The molecular formula is C13H20BrNO2. The summed E-state index contributed by atoms with van der Waals surface area (Å²) in [6, 6.07) is 7.47. The molecule has 1 unspecified atom stereocenters. The first kappa shape index (κ1) is 14.6. The lowest BCUT2D eigenvalue weighted by molar-refractivity contribution is 0.0991. The van der Waals surface area contributed by atoms with E-state index in [-0.39, 0.29) is 12.6 Å². The number of hydrogen-bond donors (Lipinski definition) is 3. The molecule has 3 nitrogen and oxygen atoms in total. The van der Waals surface area contributed by atoms with Gasteiger partial charge in [0, 0.05) is 16.1 Å². The van der Waals surface area contributed by atoms with Crippen LogP contribution in [-0.2, 0) is 0 Å². The molecule has 0 aliphatic rings. The molecule has 4 heteroatoms. The van der Waals surface area contributed by atoms with Crippen molar-refractivity contribution in [3.8, 4) is 0 Å². The number of aliphatic hydroxyl groups is 2. The van der Waals surface area contributed by atoms with Crippen molar-refractivity contribution in [1.82, 2.24) is 5.32 Å². The average molecular weight is 302 g/mol. The first-order valence-corrected chi connectivity index (χ1v) is 6.47. The van der Waals surface area contributed by atoms with E-state index in [1.54, 1.807) is 0 Å². The summed E-state index contributed by atoms with van der Waals surface area (Å²) in [6.07, 6.45) is -0.599.